The maximum Gasteiger partial charge on any atom is 0.310 e. The third kappa shape index (κ3) is 15.5. The van der Waals surface area contributed by atoms with Crippen LogP contribution in [0.25, 0.3) is 0 Å². The number of carbonyl (C=O) groups is 2. The lowest BCUT2D eigenvalue weighted by Crippen LogP contribution is -2.45. The molecule has 0 rings (SSSR count). The molecule has 0 amide bonds. The fourth-order valence-electron chi connectivity index (χ4n) is 2.51. The molecule has 1 unspecified atom stereocenters. The zero-order valence-electron chi connectivity index (χ0n) is 15.9. The average Bonchev–Trinajstić information content (AvgIpc) is 2.42. The Labute approximate surface area is 147 Å². The van der Waals surface area contributed by atoms with E-state index in [1.165, 1.54) is 32.1 Å². The van der Waals surface area contributed by atoms with Gasteiger partial charge in [0.25, 0.3) is 0 Å². The molecule has 1 atom stereocenters. The fourth-order valence-corrected chi connectivity index (χ4v) is 2.51. The largest absolute Gasteiger partial charge is 0.550 e. The van der Waals surface area contributed by atoms with E-state index in [1.807, 2.05) is 33.3 Å². The summed E-state index contributed by atoms with van der Waals surface area (Å²) < 4.78 is 5.81. The van der Waals surface area contributed by atoms with Crippen molar-refractivity contribution in [2.24, 2.45) is 0 Å². The van der Waals surface area contributed by atoms with Crippen LogP contribution in [0.1, 0.15) is 64.7 Å². The van der Waals surface area contributed by atoms with E-state index in [0.717, 1.165) is 12.8 Å². The van der Waals surface area contributed by atoms with Crippen molar-refractivity contribution in [2.75, 3.05) is 27.7 Å². The summed E-state index contributed by atoms with van der Waals surface area (Å²) in [6.07, 6.45) is 11.6. The van der Waals surface area contributed by atoms with Crippen LogP contribution in [0.15, 0.2) is 12.2 Å². The topological polar surface area (TPSA) is 66.4 Å². The second kappa shape index (κ2) is 13.0. The van der Waals surface area contributed by atoms with Crippen molar-refractivity contribution in [1.29, 1.82) is 0 Å². The van der Waals surface area contributed by atoms with E-state index in [1.54, 1.807) is 0 Å². The van der Waals surface area contributed by atoms with E-state index in [9.17, 15) is 14.7 Å². The zero-order valence-corrected chi connectivity index (χ0v) is 15.9. The fraction of sp³-hybridized carbons (Fsp3) is 0.789. The molecule has 0 fully saturated rings. The van der Waals surface area contributed by atoms with Gasteiger partial charge in [-0.3, -0.25) is 4.79 Å². The van der Waals surface area contributed by atoms with Gasteiger partial charge in [0.05, 0.1) is 27.6 Å². The first-order chi connectivity index (χ1) is 11.2. The van der Waals surface area contributed by atoms with Crippen molar-refractivity contribution in [1.82, 2.24) is 0 Å². The molecule has 0 aliphatic rings. The molecule has 0 heterocycles. The van der Waals surface area contributed by atoms with Crippen LogP contribution in [0.4, 0.5) is 0 Å². The first-order valence-corrected chi connectivity index (χ1v) is 9.09. The molecule has 140 valence electrons. The van der Waals surface area contributed by atoms with Gasteiger partial charge >= 0.3 is 5.97 Å². The Morgan fingerprint density at radius 3 is 2.25 bits per heavy atom. The summed E-state index contributed by atoms with van der Waals surface area (Å²) in [4.78, 5) is 22.6. The smallest absolute Gasteiger partial charge is 0.310 e. The number of aliphatic carboxylic acids is 1. The van der Waals surface area contributed by atoms with Gasteiger partial charge in [-0.15, -0.1) is 0 Å². The monoisotopic (exact) mass is 341 g/mol. The van der Waals surface area contributed by atoms with Gasteiger partial charge < -0.3 is 19.1 Å². The van der Waals surface area contributed by atoms with Gasteiger partial charge in [0.2, 0.25) is 0 Å². The predicted molar refractivity (Wildman–Crippen MR) is 94.2 cm³/mol. The van der Waals surface area contributed by atoms with Crippen LogP contribution in [-0.2, 0) is 14.3 Å². The zero-order chi connectivity index (χ0) is 18.4. The molecule has 24 heavy (non-hydrogen) atoms. The van der Waals surface area contributed by atoms with E-state index in [0.29, 0.717) is 11.0 Å². The number of allylic oxidation sites excluding steroid dienone is 1. The number of hydrogen-bond donors (Lipinski definition) is 0. The summed E-state index contributed by atoms with van der Waals surface area (Å²) >= 11 is 0. The van der Waals surface area contributed by atoms with Gasteiger partial charge in [0, 0.05) is 12.4 Å². The number of likely N-dealkylation sites (N-methyl/N-ethyl adjacent to an activating group) is 1. The van der Waals surface area contributed by atoms with E-state index in [2.05, 4.69) is 6.92 Å². The number of rotatable bonds is 14. The van der Waals surface area contributed by atoms with E-state index in [4.69, 9.17) is 4.74 Å². The molecule has 0 aromatic heterocycles. The quantitative estimate of drug-likeness (QED) is 0.211. The molecule has 0 spiro atoms. The molecule has 0 aliphatic carbocycles. The minimum absolute atomic E-state index is 0.191. The lowest BCUT2D eigenvalue weighted by molar-refractivity contribution is -0.873. The Kier molecular flexibility index (Phi) is 12.3. The van der Waals surface area contributed by atoms with Crippen LogP contribution in [-0.4, -0.2) is 50.2 Å². The Morgan fingerprint density at radius 2 is 1.67 bits per heavy atom. The van der Waals surface area contributed by atoms with Crippen molar-refractivity contribution >= 4 is 11.9 Å². The van der Waals surface area contributed by atoms with Crippen molar-refractivity contribution in [3.05, 3.63) is 12.2 Å². The van der Waals surface area contributed by atoms with Gasteiger partial charge in [0.1, 0.15) is 6.54 Å². The Hall–Kier alpha value is -1.36. The van der Waals surface area contributed by atoms with Crippen LogP contribution in [0.2, 0.25) is 0 Å². The number of nitrogens with zero attached hydrogens (tertiary/aromatic N) is 1. The maximum absolute atomic E-state index is 11.8. The summed E-state index contributed by atoms with van der Waals surface area (Å²) in [5.74, 6) is -1.58. The van der Waals surface area contributed by atoms with Gasteiger partial charge in [-0.05, 0) is 12.8 Å². The molecule has 0 aliphatic heterocycles. The molecular weight excluding hydrogens is 306 g/mol. The Balaban J connectivity index is 3.98. The Bertz CT molecular complexity index is 385. The number of quaternary nitrogens is 1. The molecule has 0 radical (unpaired) electrons. The molecule has 5 nitrogen and oxygen atoms in total. The number of esters is 1. The SMILES string of the molecule is CCCCCCCC/C=C/CC(=O)OC(CC(=O)[O-])C[N+](C)(C)C. The molecule has 0 aromatic rings. The highest BCUT2D eigenvalue weighted by Crippen LogP contribution is 2.08. The van der Waals surface area contributed by atoms with Gasteiger partial charge in [-0.1, -0.05) is 51.2 Å². The lowest BCUT2D eigenvalue weighted by Gasteiger charge is -2.29. The number of carbonyl (C=O) groups excluding carboxylic acids is 2. The maximum atomic E-state index is 11.8. The number of unbranched alkanes of at least 4 members (excludes halogenated alkanes) is 6. The molecule has 0 saturated carbocycles. The first kappa shape index (κ1) is 22.6. The third-order valence-electron chi connectivity index (χ3n) is 3.62. The number of hydrogen-bond acceptors (Lipinski definition) is 4. The number of ether oxygens (including phenoxy) is 1. The molecule has 0 aromatic carbocycles. The average molecular weight is 341 g/mol. The summed E-state index contributed by atoms with van der Waals surface area (Å²) in [5, 5.41) is 10.8. The second-order valence-corrected chi connectivity index (χ2v) is 7.39. The summed E-state index contributed by atoms with van der Waals surface area (Å²) in [7, 11) is 5.78. The van der Waals surface area contributed by atoms with Crippen molar-refractivity contribution in [3.63, 3.8) is 0 Å². The molecule has 0 saturated heterocycles. The van der Waals surface area contributed by atoms with Crippen LogP contribution >= 0.6 is 0 Å². The van der Waals surface area contributed by atoms with Crippen LogP contribution in [0.3, 0.4) is 0 Å². The molecule has 0 N–H and O–H groups in total. The van der Waals surface area contributed by atoms with E-state index < -0.39 is 12.1 Å². The third-order valence-corrected chi connectivity index (χ3v) is 3.62. The van der Waals surface area contributed by atoms with Crippen molar-refractivity contribution in [3.8, 4) is 0 Å². The minimum atomic E-state index is -1.19. The van der Waals surface area contributed by atoms with Gasteiger partial charge in [0.15, 0.2) is 6.10 Å². The highest BCUT2D eigenvalue weighted by Gasteiger charge is 2.21. The second-order valence-electron chi connectivity index (χ2n) is 7.39. The van der Waals surface area contributed by atoms with Crippen LogP contribution in [0.5, 0.6) is 0 Å². The number of carboxylic acid groups (broad SMARTS) is 1. The molecular formula is C19H35NO4. The van der Waals surface area contributed by atoms with Crippen molar-refractivity contribution < 1.29 is 23.9 Å². The van der Waals surface area contributed by atoms with Crippen molar-refractivity contribution in [2.45, 2.75) is 70.8 Å². The standard InChI is InChI=1S/C19H35NO4/c1-5-6-7-8-9-10-11-12-13-14-19(23)24-17(15-18(21)22)16-20(2,3)4/h12-13,17H,5-11,14-16H2,1-4H3/b13-12+. The first-order valence-electron chi connectivity index (χ1n) is 9.09. The molecule has 0 bridgehead atoms. The normalized spacial score (nSPS) is 13.2. The minimum Gasteiger partial charge on any atom is -0.550 e. The van der Waals surface area contributed by atoms with Crippen LogP contribution in [0, 0.1) is 0 Å². The lowest BCUT2D eigenvalue weighted by atomic mass is 10.1. The van der Waals surface area contributed by atoms with Crippen LogP contribution < -0.4 is 5.11 Å². The predicted octanol–water partition coefficient (Wildman–Crippen LogP) is 2.44. The van der Waals surface area contributed by atoms with Gasteiger partial charge in [-0.25, -0.2) is 0 Å². The van der Waals surface area contributed by atoms with E-state index in [-0.39, 0.29) is 18.8 Å². The molecule has 5 heteroatoms. The van der Waals surface area contributed by atoms with Gasteiger partial charge in [-0.2, -0.15) is 0 Å². The highest BCUT2D eigenvalue weighted by atomic mass is 16.5. The Morgan fingerprint density at radius 1 is 1.04 bits per heavy atom. The number of carboxylic acids is 1. The summed E-state index contributed by atoms with van der Waals surface area (Å²) in [6, 6.07) is 0. The summed E-state index contributed by atoms with van der Waals surface area (Å²) in [5.41, 5.74) is 0. The van der Waals surface area contributed by atoms with E-state index >= 15 is 0 Å². The highest BCUT2D eigenvalue weighted by molar-refractivity contribution is 5.72. The summed E-state index contributed by atoms with van der Waals surface area (Å²) in [6.45, 7) is 2.65.